The van der Waals surface area contributed by atoms with Crippen molar-refractivity contribution in [2.75, 3.05) is 17.2 Å². The van der Waals surface area contributed by atoms with Crippen LogP contribution in [0.3, 0.4) is 0 Å². The van der Waals surface area contributed by atoms with E-state index in [0.29, 0.717) is 22.8 Å². The number of nitrogen functional groups attached to an aromatic ring is 1. The van der Waals surface area contributed by atoms with Gasteiger partial charge in [0.25, 0.3) is 5.91 Å². The van der Waals surface area contributed by atoms with E-state index in [1.807, 2.05) is 37.3 Å². The first-order valence-corrected chi connectivity index (χ1v) is 6.43. The predicted octanol–water partition coefficient (Wildman–Crippen LogP) is 3.59. The summed E-state index contributed by atoms with van der Waals surface area (Å²) in [5, 5.41) is 0.398. The van der Waals surface area contributed by atoms with Crippen molar-refractivity contribution in [3.8, 4) is 0 Å². The molecule has 2 N–H and O–H groups in total. The Labute approximate surface area is 117 Å². The van der Waals surface area contributed by atoms with Crippen molar-refractivity contribution in [2.24, 2.45) is 0 Å². The zero-order valence-electron chi connectivity index (χ0n) is 10.6. The van der Waals surface area contributed by atoms with Gasteiger partial charge in [-0.05, 0) is 31.2 Å². The largest absolute Gasteiger partial charge is 0.397 e. The maximum absolute atomic E-state index is 12.5. The Bertz CT molecular complexity index is 584. The fourth-order valence-corrected chi connectivity index (χ4v) is 2.09. The average Bonchev–Trinajstić information content (AvgIpc) is 2.44. The lowest BCUT2D eigenvalue weighted by atomic mass is 10.1. The molecular formula is C15H15ClN2O. The number of carbonyl (C=O) groups excluding carboxylic acids is 1. The normalized spacial score (nSPS) is 10.2. The van der Waals surface area contributed by atoms with Gasteiger partial charge < -0.3 is 10.6 Å². The number of para-hydroxylation sites is 2. The third-order valence-electron chi connectivity index (χ3n) is 2.91. The Balaban J connectivity index is 2.39. The van der Waals surface area contributed by atoms with E-state index in [9.17, 15) is 4.79 Å². The topological polar surface area (TPSA) is 46.3 Å². The van der Waals surface area contributed by atoms with Crippen molar-refractivity contribution in [2.45, 2.75) is 6.92 Å². The van der Waals surface area contributed by atoms with E-state index in [0.717, 1.165) is 5.69 Å². The number of amides is 1. The van der Waals surface area contributed by atoms with Crippen LogP contribution in [0.5, 0.6) is 0 Å². The van der Waals surface area contributed by atoms with Crippen LogP contribution in [0.1, 0.15) is 17.3 Å². The summed E-state index contributed by atoms with van der Waals surface area (Å²) in [6.45, 7) is 2.49. The number of rotatable bonds is 3. The second kappa shape index (κ2) is 5.76. The Kier molecular flexibility index (Phi) is 4.07. The molecule has 0 radical (unpaired) electrons. The quantitative estimate of drug-likeness (QED) is 0.870. The van der Waals surface area contributed by atoms with E-state index >= 15 is 0 Å². The number of benzene rings is 2. The monoisotopic (exact) mass is 274 g/mol. The van der Waals surface area contributed by atoms with Crippen molar-refractivity contribution in [1.29, 1.82) is 0 Å². The van der Waals surface area contributed by atoms with Crippen LogP contribution in [0.15, 0.2) is 48.5 Å². The molecule has 19 heavy (non-hydrogen) atoms. The van der Waals surface area contributed by atoms with Gasteiger partial charge >= 0.3 is 0 Å². The second-order valence-electron chi connectivity index (χ2n) is 4.09. The van der Waals surface area contributed by atoms with Gasteiger partial charge in [-0.25, -0.2) is 0 Å². The first-order chi connectivity index (χ1) is 9.15. The van der Waals surface area contributed by atoms with Crippen LogP contribution in [-0.2, 0) is 0 Å². The Morgan fingerprint density at radius 3 is 2.47 bits per heavy atom. The Morgan fingerprint density at radius 2 is 1.84 bits per heavy atom. The van der Waals surface area contributed by atoms with E-state index < -0.39 is 0 Å². The maximum atomic E-state index is 12.5. The molecule has 2 aromatic rings. The fourth-order valence-electron chi connectivity index (χ4n) is 1.92. The lowest BCUT2D eigenvalue weighted by Gasteiger charge is -2.22. The van der Waals surface area contributed by atoms with Crippen molar-refractivity contribution >= 4 is 28.9 Å². The van der Waals surface area contributed by atoms with Gasteiger partial charge in [0.05, 0.1) is 16.3 Å². The molecule has 98 valence electrons. The van der Waals surface area contributed by atoms with Crippen LogP contribution in [0.4, 0.5) is 11.4 Å². The van der Waals surface area contributed by atoms with Gasteiger partial charge in [0.2, 0.25) is 0 Å². The summed E-state index contributed by atoms with van der Waals surface area (Å²) >= 11 is 5.96. The molecule has 0 atom stereocenters. The molecule has 3 nitrogen and oxygen atoms in total. The summed E-state index contributed by atoms with van der Waals surface area (Å²) < 4.78 is 0. The molecule has 4 heteroatoms. The zero-order valence-corrected chi connectivity index (χ0v) is 11.4. The van der Waals surface area contributed by atoms with Crippen molar-refractivity contribution in [1.82, 2.24) is 0 Å². The molecule has 0 unspecified atom stereocenters. The van der Waals surface area contributed by atoms with Crippen LogP contribution in [-0.4, -0.2) is 12.5 Å². The number of hydrogen-bond donors (Lipinski definition) is 1. The van der Waals surface area contributed by atoms with E-state index in [1.54, 1.807) is 23.1 Å². The molecule has 0 saturated heterocycles. The molecule has 2 rings (SSSR count). The minimum absolute atomic E-state index is 0.145. The minimum Gasteiger partial charge on any atom is -0.397 e. The third-order valence-corrected chi connectivity index (χ3v) is 3.24. The standard InChI is InChI=1S/C15H15ClN2O/c1-2-18(11-7-4-3-5-8-11)15(19)12-9-6-10-13(16)14(12)17/h3-10H,2,17H2,1H3. The number of halogens is 1. The first kappa shape index (κ1) is 13.4. The van der Waals surface area contributed by atoms with E-state index in [-0.39, 0.29) is 5.91 Å². The lowest BCUT2D eigenvalue weighted by Crippen LogP contribution is -2.31. The summed E-state index contributed by atoms with van der Waals surface area (Å²) in [7, 11) is 0. The van der Waals surface area contributed by atoms with Crippen LogP contribution >= 0.6 is 11.6 Å². The number of nitrogens with zero attached hydrogens (tertiary/aromatic N) is 1. The lowest BCUT2D eigenvalue weighted by molar-refractivity contribution is 0.0989. The molecule has 2 aromatic carbocycles. The smallest absolute Gasteiger partial charge is 0.260 e. The van der Waals surface area contributed by atoms with Crippen LogP contribution in [0.2, 0.25) is 5.02 Å². The Morgan fingerprint density at radius 1 is 1.16 bits per heavy atom. The molecule has 0 aliphatic heterocycles. The highest BCUT2D eigenvalue weighted by atomic mass is 35.5. The van der Waals surface area contributed by atoms with E-state index in [2.05, 4.69) is 0 Å². The molecule has 1 amide bonds. The van der Waals surface area contributed by atoms with Gasteiger partial charge in [-0.1, -0.05) is 35.9 Å². The molecule has 0 aliphatic rings. The summed E-state index contributed by atoms with van der Waals surface area (Å²) in [4.78, 5) is 14.2. The van der Waals surface area contributed by atoms with Crippen LogP contribution in [0.25, 0.3) is 0 Å². The van der Waals surface area contributed by atoms with Gasteiger partial charge in [-0.2, -0.15) is 0 Å². The predicted molar refractivity (Wildman–Crippen MR) is 79.7 cm³/mol. The molecule has 0 saturated carbocycles. The molecule has 0 spiro atoms. The highest BCUT2D eigenvalue weighted by Crippen LogP contribution is 2.25. The SMILES string of the molecule is CCN(C(=O)c1cccc(Cl)c1N)c1ccccc1. The summed E-state index contributed by atoms with van der Waals surface area (Å²) in [6.07, 6.45) is 0. The molecule has 0 bridgehead atoms. The van der Waals surface area contributed by atoms with Gasteiger partial charge in [0.15, 0.2) is 0 Å². The Hall–Kier alpha value is -2.00. The molecule has 0 heterocycles. The maximum Gasteiger partial charge on any atom is 0.260 e. The molecule has 0 aliphatic carbocycles. The molecule has 0 aromatic heterocycles. The number of nitrogens with two attached hydrogens (primary N) is 1. The zero-order chi connectivity index (χ0) is 13.8. The van der Waals surface area contributed by atoms with Crippen LogP contribution < -0.4 is 10.6 Å². The second-order valence-corrected chi connectivity index (χ2v) is 4.49. The third kappa shape index (κ3) is 2.71. The van der Waals surface area contributed by atoms with Crippen LogP contribution in [0, 0.1) is 0 Å². The van der Waals surface area contributed by atoms with E-state index in [4.69, 9.17) is 17.3 Å². The fraction of sp³-hybridized carbons (Fsp3) is 0.133. The molecular weight excluding hydrogens is 260 g/mol. The first-order valence-electron chi connectivity index (χ1n) is 6.06. The molecule has 0 fully saturated rings. The van der Waals surface area contributed by atoms with Crippen molar-refractivity contribution < 1.29 is 4.79 Å². The summed E-state index contributed by atoms with van der Waals surface area (Å²) in [6, 6.07) is 14.6. The van der Waals surface area contributed by atoms with Crippen molar-refractivity contribution in [3.05, 3.63) is 59.1 Å². The summed E-state index contributed by atoms with van der Waals surface area (Å²) in [5.74, 6) is -0.145. The van der Waals surface area contributed by atoms with Gasteiger partial charge in [0, 0.05) is 12.2 Å². The highest BCUT2D eigenvalue weighted by molar-refractivity contribution is 6.34. The number of carbonyl (C=O) groups is 1. The van der Waals surface area contributed by atoms with Crippen molar-refractivity contribution in [3.63, 3.8) is 0 Å². The summed E-state index contributed by atoms with van der Waals surface area (Å²) in [5.41, 5.74) is 7.47. The van der Waals surface area contributed by atoms with E-state index in [1.165, 1.54) is 0 Å². The minimum atomic E-state index is -0.145. The van der Waals surface area contributed by atoms with Gasteiger partial charge in [0.1, 0.15) is 0 Å². The van der Waals surface area contributed by atoms with Gasteiger partial charge in [-0.15, -0.1) is 0 Å². The average molecular weight is 275 g/mol. The number of anilines is 2. The van der Waals surface area contributed by atoms with Gasteiger partial charge in [-0.3, -0.25) is 4.79 Å². The highest BCUT2D eigenvalue weighted by Gasteiger charge is 2.19. The number of hydrogen-bond acceptors (Lipinski definition) is 2.